The van der Waals surface area contributed by atoms with E-state index in [4.69, 9.17) is 10.2 Å². The molecular weight excluding hydrogens is 194 g/mol. The van der Waals surface area contributed by atoms with Crippen molar-refractivity contribution < 1.29 is 15.0 Å². The molecule has 0 saturated carbocycles. The lowest BCUT2D eigenvalue weighted by Gasteiger charge is -2.11. The molecule has 0 aliphatic rings. The number of hydrogen-bond acceptors (Lipinski definition) is 3. The van der Waals surface area contributed by atoms with Crippen molar-refractivity contribution in [3.05, 3.63) is 29.8 Å². The van der Waals surface area contributed by atoms with Gasteiger partial charge in [-0.1, -0.05) is 12.1 Å². The Morgan fingerprint density at radius 2 is 2.00 bits per heavy atom. The molecule has 1 aromatic carbocycles. The average molecular weight is 209 g/mol. The summed E-state index contributed by atoms with van der Waals surface area (Å²) in [6.45, 7) is 1.90. The van der Waals surface area contributed by atoms with E-state index in [-0.39, 0.29) is 18.3 Å². The molecule has 0 radical (unpaired) electrons. The zero-order valence-corrected chi connectivity index (χ0v) is 8.60. The predicted octanol–water partition coefficient (Wildman–Crippen LogP) is 0.997. The number of phenols is 1. The predicted molar refractivity (Wildman–Crippen MR) is 56.9 cm³/mol. The number of phenolic OH excluding ortho intramolecular Hbond substituents is 1. The Balaban J connectivity index is 2.40. The first kappa shape index (κ1) is 11.5. The van der Waals surface area contributed by atoms with Gasteiger partial charge in [0.15, 0.2) is 0 Å². The second-order valence-electron chi connectivity index (χ2n) is 3.55. The molecule has 1 aromatic rings. The minimum absolute atomic E-state index is 0.0285. The number of aromatic hydroxyl groups is 1. The van der Waals surface area contributed by atoms with Gasteiger partial charge in [0.1, 0.15) is 5.75 Å². The fourth-order valence-electron chi connectivity index (χ4n) is 1.32. The Morgan fingerprint density at radius 3 is 2.53 bits per heavy atom. The van der Waals surface area contributed by atoms with Gasteiger partial charge in [-0.05, 0) is 31.0 Å². The highest BCUT2D eigenvalue weighted by Gasteiger charge is 2.04. The minimum atomic E-state index is -0.854. The molecule has 0 fully saturated rings. The quantitative estimate of drug-likeness (QED) is 0.676. The van der Waals surface area contributed by atoms with Gasteiger partial charge in [0, 0.05) is 6.04 Å². The molecule has 0 aliphatic carbocycles. The number of carbonyl (C=O) groups is 1. The average Bonchev–Trinajstić information content (AvgIpc) is 2.19. The van der Waals surface area contributed by atoms with Crippen LogP contribution in [0.25, 0.3) is 0 Å². The number of carboxylic acid groups (broad SMARTS) is 1. The van der Waals surface area contributed by atoms with Gasteiger partial charge in [-0.2, -0.15) is 0 Å². The maximum absolute atomic E-state index is 10.3. The summed E-state index contributed by atoms with van der Waals surface area (Å²) in [6, 6.07) is 7.01. The third-order valence-corrected chi connectivity index (χ3v) is 2.08. The first-order valence-corrected chi connectivity index (χ1v) is 4.81. The number of rotatable bonds is 5. The molecule has 1 atom stereocenters. The van der Waals surface area contributed by atoms with Gasteiger partial charge in [-0.3, -0.25) is 4.79 Å². The first-order valence-electron chi connectivity index (χ1n) is 4.81. The van der Waals surface area contributed by atoms with E-state index in [1.165, 1.54) is 0 Å². The lowest BCUT2D eigenvalue weighted by molar-refractivity contribution is -0.136. The summed E-state index contributed by atoms with van der Waals surface area (Å²) >= 11 is 0. The molecule has 0 heterocycles. The molecule has 15 heavy (non-hydrogen) atoms. The highest BCUT2D eigenvalue weighted by atomic mass is 16.4. The van der Waals surface area contributed by atoms with Crippen LogP contribution in [0, 0.1) is 0 Å². The van der Waals surface area contributed by atoms with Crippen LogP contribution in [0.3, 0.4) is 0 Å². The van der Waals surface area contributed by atoms with Crippen molar-refractivity contribution in [2.24, 2.45) is 0 Å². The van der Waals surface area contributed by atoms with Crippen molar-refractivity contribution in [3.63, 3.8) is 0 Å². The van der Waals surface area contributed by atoms with Crippen LogP contribution in [0.4, 0.5) is 0 Å². The number of nitrogens with one attached hydrogen (secondary N) is 1. The smallest absolute Gasteiger partial charge is 0.317 e. The Labute approximate surface area is 88.6 Å². The number of hydrogen-bond donors (Lipinski definition) is 3. The van der Waals surface area contributed by atoms with E-state index >= 15 is 0 Å². The molecule has 0 amide bonds. The topological polar surface area (TPSA) is 69.6 Å². The molecule has 0 aliphatic heterocycles. The van der Waals surface area contributed by atoms with E-state index < -0.39 is 5.97 Å². The SMILES string of the molecule is CC(Cc1ccc(O)cc1)NCC(=O)O. The molecule has 4 heteroatoms. The Kier molecular flexibility index (Phi) is 4.12. The standard InChI is InChI=1S/C11H15NO3/c1-8(12-7-11(14)15)6-9-2-4-10(13)5-3-9/h2-5,8,12-13H,6-7H2,1H3,(H,14,15). The molecule has 82 valence electrons. The Hall–Kier alpha value is -1.55. The largest absolute Gasteiger partial charge is 0.508 e. The molecule has 0 saturated heterocycles. The van der Waals surface area contributed by atoms with Crippen molar-refractivity contribution in [2.45, 2.75) is 19.4 Å². The highest BCUT2D eigenvalue weighted by Crippen LogP contribution is 2.10. The molecule has 0 bridgehead atoms. The molecule has 1 rings (SSSR count). The van der Waals surface area contributed by atoms with Crippen LogP contribution in [-0.4, -0.2) is 28.8 Å². The van der Waals surface area contributed by atoms with E-state index in [1.54, 1.807) is 12.1 Å². The zero-order chi connectivity index (χ0) is 11.3. The van der Waals surface area contributed by atoms with E-state index in [0.29, 0.717) is 0 Å². The van der Waals surface area contributed by atoms with Crippen molar-refractivity contribution in [1.82, 2.24) is 5.32 Å². The van der Waals surface area contributed by atoms with Gasteiger partial charge in [0.25, 0.3) is 0 Å². The van der Waals surface area contributed by atoms with E-state index in [9.17, 15) is 4.79 Å². The minimum Gasteiger partial charge on any atom is -0.508 e. The van der Waals surface area contributed by atoms with E-state index in [0.717, 1.165) is 12.0 Å². The fraction of sp³-hybridized carbons (Fsp3) is 0.364. The zero-order valence-electron chi connectivity index (χ0n) is 8.60. The first-order chi connectivity index (χ1) is 7.08. The molecule has 0 aromatic heterocycles. The summed E-state index contributed by atoms with van der Waals surface area (Å²) in [5.74, 6) is -0.613. The van der Waals surface area contributed by atoms with E-state index in [1.807, 2.05) is 19.1 Å². The van der Waals surface area contributed by atoms with Crippen LogP contribution < -0.4 is 5.32 Å². The lowest BCUT2D eigenvalue weighted by atomic mass is 10.1. The van der Waals surface area contributed by atoms with Crippen LogP contribution in [0.2, 0.25) is 0 Å². The Morgan fingerprint density at radius 1 is 1.40 bits per heavy atom. The van der Waals surface area contributed by atoms with Crippen LogP contribution in [-0.2, 0) is 11.2 Å². The van der Waals surface area contributed by atoms with Crippen molar-refractivity contribution in [3.8, 4) is 5.75 Å². The maximum Gasteiger partial charge on any atom is 0.317 e. The van der Waals surface area contributed by atoms with Gasteiger partial charge in [0.2, 0.25) is 0 Å². The molecular formula is C11H15NO3. The number of benzene rings is 1. The molecule has 0 spiro atoms. The van der Waals surface area contributed by atoms with Gasteiger partial charge < -0.3 is 15.5 Å². The van der Waals surface area contributed by atoms with Crippen LogP contribution in [0.15, 0.2) is 24.3 Å². The summed E-state index contributed by atoms with van der Waals surface area (Å²) in [5, 5.41) is 20.4. The summed E-state index contributed by atoms with van der Waals surface area (Å²) in [4.78, 5) is 10.3. The summed E-state index contributed by atoms with van der Waals surface area (Å²) in [6.07, 6.45) is 0.744. The molecule has 1 unspecified atom stereocenters. The van der Waals surface area contributed by atoms with Gasteiger partial charge >= 0.3 is 5.97 Å². The second kappa shape index (κ2) is 5.36. The summed E-state index contributed by atoms with van der Waals surface area (Å²) in [5.41, 5.74) is 1.07. The van der Waals surface area contributed by atoms with Gasteiger partial charge in [-0.25, -0.2) is 0 Å². The number of aliphatic carboxylic acids is 1. The van der Waals surface area contributed by atoms with E-state index in [2.05, 4.69) is 5.32 Å². The van der Waals surface area contributed by atoms with Gasteiger partial charge in [-0.15, -0.1) is 0 Å². The lowest BCUT2D eigenvalue weighted by Crippen LogP contribution is -2.32. The second-order valence-corrected chi connectivity index (χ2v) is 3.55. The maximum atomic E-state index is 10.3. The van der Waals surface area contributed by atoms with Crippen LogP contribution >= 0.6 is 0 Å². The van der Waals surface area contributed by atoms with Gasteiger partial charge in [0.05, 0.1) is 6.54 Å². The van der Waals surface area contributed by atoms with Crippen LogP contribution in [0.5, 0.6) is 5.75 Å². The highest BCUT2D eigenvalue weighted by molar-refractivity contribution is 5.69. The monoisotopic (exact) mass is 209 g/mol. The van der Waals surface area contributed by atoms with Crippen molar-refractivity contribution >= 4 is 5.97 Å². The third-order valence-electron chi connectivity index (χ3n) is 2.08. The normalized spacial score (nSPS) is 12.3. The van der Waals surface area contributed by atoms with Crippen molar-refractivity contribution in [1.29, 1.82) is 0 Å². The summed E-state index contributed by atoms with van der Waals surface area (Å²) < 4.78 is 0. The molecule has 3 N–H and O–H groups in total. The van der Waals surface area contributed by atoms with Crippen molar-refractivity contribution in [2.75, 3.05) is 6.54 Å². The summed E-state index contributed by atoms with van der Waals surface area (Å²) in [7, 11) is 0. The fourth-order valence-corrected chi connectivity index (χ4v) is 1.32. The van der Waals surface area contributed by atoms with Crippen LogP contribution in [0.1, 0.15) is 12.5 Å². The Bertz CT molecular complexity index is 321. The number of carboxylic acids is 1. The molecule has 4 nitrogen and oxygen atoms in total. The third kappa shape index (κ3) is 4.46.